The molecule has 3 nitrogen and oxygen atoms in total. The van der Waals surface area contributed by atoms with Crippen molar-refractivity contribution in [1.29, 1.82) is 0 Å². The van der Waals surface area contributed by atoms with Gasteiger partial charge in [0.05, 0.1) is 0 Å². The maximum Gasteiger partial charge on any atom is 0.253 e. The zero-order valence-corrected chi connectivity index (χ0v) is 8.44. The molecule has 1 aromatic carbocycles. The third-order valence-electron chi connectivity index (χ3n) is 2.09. The highest BCUT2D eigenvalue weighted by Gasteiger charge is 2.11. The first-order valence-electron chi connectivity index (χ1n) is 4.84. The van der Waals surface area contributed by atoms with Gasteiger partial charge in [-0.05, 0) is 19.1 Å². The largest absolute Gasteiger partial charge is 0.338 e. The summed E-state index contributed by atoms with van der Waals surface area (Å²) in [4.78, 5) is 13.6. The fourth-order valence-corrected chi connectivity index (χ4v) is 1.32. The lowest BCUT2D eigenvalue weighted by Crippen LogP contribution is -2.35. The van der Waals surface area contributed by atoms with Crippen LogP contribution in [0, 0.1) is 0 Å². The van der Waals surface area contributed by atoms with E-state index in [9.17, 15) is 4.79 Å². The molecule has 0 fully saturated rings. The van der Waals surface area contributed by atoms with Gasteiger partial charge in [0.15, 0.2) is 0 Å². The predicted molar refractivity (Wildman–Crippen MR) is 57.1 cm³/mol. The Morgan fingerprint density at radius 1 is 1.36 bits per heavy atom. The lowest BCUT2D eigenvalue weighted by Gasteiger charge is -2.19. The maximum absolute atomic E-state index is 11.8. The molecule has 0 unspecified atom stereocenters. The number of hydrogen-bond donors (Lipinski definition) is 1. The van der Waals surface area contributed by atoms with E-state index in [1.165, 1.54) is 0 Å². The fraction of sp³-hybridized carbons (Fsp3) is 0.364. The number of rotatable bonds is 4. The Morgan fingerprint density at radius 3 is 2.50 bits per heavy atom. The Kier molecular flexibility index (Phi) is 4.13. The molecule has 0 heterocycles. The number of nitrogens with two attached hydrogens (primary N) is 1. The molecule has 0 aliphatic heterocycles. The van der Waals surface area contributed by atoms with Crippen LogP contribution in [-0.2, 0) is 0 Å². The molecule has 1 rings (SSSR count). The van der Waals surface area contributed by atoms with Crippen molar-refractivity contribution in [3.63, 3.8) is 0 Å². The van der Waals surface area contributed by atoms with E-state index in [0.717, 1.165) is 5.56 Å². The Hall–Kier alpha value is -1.35. The molecule has 0 spiro atoms. The molecule has 1 amide bonds. The highest BCUT2D eigenvalue weighted by atomic mass is 16.2. The summed E-state index contributed by atoms with van der Waals surface area (Å²) < 4.78 is 0. The summed E-state index contributed by atoms with van der Waals surface area (Å²) in [5, 5.41) is 0. The number of benzene rings is 1. The van der Waals surface area contributed by atoms with E-state index in [0.29, 0.717) is 19.6 Å². The molecule has 0 saturated carbocycles. The second-order valence-electron chi connectivity index (χ2n) is 3.04. The number of likely N-dealkylation sites (N-methyl/N-ethyl adjacent to an activating group) is 1. The molecule has 0 bridgehead atoms. The topological polar surface area (TPSA) is 46.3 Å². The Balaban J connectivity index is 2.73. The molecule has 76 valence electrons. The van der Waals surface area contributed by atoms with Crippen LogP contribution in [0.1, 0.15) is 17.3 Å². The lowest BCUT2D eigenvalue weighted by molar-refractivity contribution is 0.0769. The molecular formula is C11H16N2O. The fourth-order valence-electron chi connectivity index (χ4n) is 1.32. The third-order valence-corrected chi connectivity index (χ3v) is 2.09. The van der Waals surface area contributed by atoms with Crippen LogP contribution in [-0.4, -0.2) is 30.4 Å². The van der Waals surface area contributed by atoms with Crippen molar-refractivity contribution in [3.8, 4) is 0 Å². The highest BCUT2D eigenvalue weighted by molar-refractivity contribution is 5.94. The number of carbonyl (C=O) groups is 1. The minimum absolute atomic E-state index is 0.0542. The molecule has 14 heavy (non-hydrogen) atoms. The second kappa shape index (κ2) is 5.40. The van der Waals surface area contributed by atoms with Crippen LogP contribution in [0.25, 0.3) is 0 Å². The molecule has 3 heteroatoms. The van der Waals surface area contributed by atoms with E-state index in [4.69, 9.17) is 5.73 Å². The summed E-state index contributed by atoms with van der Waals surface area (Å²) in [6, 6.07) is 9.27. The number of hydrogen-bond acceptors (Lipinski definition) is 2. The second-order valence-corrected chi connectivity index (χ2v) is 3.04. The molecule has 0 atom stereocenters. The summed E-state index contributed by atoms with van der Waals surface area (Å²) >= 11 is 0. The monoisotopic (exact) mass is 192 g/mol. The average molecular weight is 192 g/mol. The van der Waals surface area contributed by atoms with Crippen molar-refractivity contribution in [2.24, 2.45) is 5.73 Å². The van der Waals surface area contributed by atoms with Crippen molar-refractivity contribution in [1.82, 2.24) is 4.90 Å². The molecule has 2 N–H and O–H groups in total. The minimum atomic E-state index is 0.0542. The zero-order chi connectivity index (χ0) is 10.4. The molecule has 0 aliphatic carbocycles. The molecule has 0 aromatic heterocycles. The van der Waals surface area contributed by atoms with E-state index >= 15 is 0 Å². The van der Waals surface area contributed by atoms with E-state index < -0.39 is 0 Å². The summed E-state index contributed by atoms with van der Waals surface area (Å²) in [5.41, 5.74) is 6.15. The van der Waals surface area contributed by atoms with Gasteiger partial charge >= 0.3 is 0 Å². The smallest absolute Gasteiger partial charge is 0.253 e. The summed E-state index contributed by atoms with van der Waals surface area (Å²) in [6.07, 6.45) is 0. The standard InChI is InChI=1S/C11H16N2O/c1-2-13(9-8-12)11(14)10-6-4-3-5-7-10/h3-7H,2,8-9,12H2,1H3. The van der Waals surface area contributed by atoms with E-state index in [2.05, 4.69) is 0 Å². The van der Waals surface area contributed by atoms with Gasteiger partial charge in [0.25, 0.3) is 5.91 Å². The first-order valence-corrected chi connectivity index (χ1v) is 4.84. The molecular weight excluding hydrogens is 176 g/mol. The van der Waals surface area contributed by atoms with E-state index in [1.807, 2.05) is 37.3 Å². The van der Waals surface area contributed by atoms with Crippen LogP contribution in [0.3, 0.4) is 0 Å². The van der Waals surface area contributed by atoms with Gasteiger partial charge in [0, 0.05) is 25.2 Å². The molecule has 0 radical (unpaired) electrons. The Bertz CT molecular complexity index is 285. The number of amides is 1. The average Bonchev–Trinajstić information content (AvgIpc) is 2.26. The van der Waals surface area contributed by atoms with Crippen LogP contribution < -0.4 is 5.73 Å². The lowest BCUT2D eigenvalue weighted by atomic mass is 10.2. The van der Waals surface area contributed by atoms with Gasteiger partial charge in [-0.2, -0.15) is 0 Å². The minimum Gasteiger partial charge on any atom is -0.338 e. The van der Waals surface area contributed by atoms with Crippen LogP contribution in [0.2, 0.25) is 0 Å². The SMILES string of the molecule is CCN(CCN)C(=O)c1ccccc1. The number of carbonyl (C=O) groups excluding carboxylic acids is 1. The zero-order valence-electron chi connectivity index (χ0n) is 8.44. The predicted octanol–water partition coefficient (Wildman–Crippen LogP) is 1.11. The highest BCUT2D eigenvalue weighted by Crippen LogP contribution is 2.03. The Morgan fingerprint density at radius 2 is 2.00 bits per heavy atom. The van der Waals surface area contributed by atoms with Gasteiger partial charge in [-0.1, -0.05) is 18.2 Å². The first-order chi connectivity index (χ1) is 6.79. The summed E-state index contributed by atoms with van der Waals surface area (Å²) in [5.74, 6) is 0.0542. The molecule has 0 saturated heterocycles. The normalized spacial score (nSPS) is 9.86. The van der Waals surface area contributed by atoms with E-state index in [1.54, 1.807) is 4.90 Å². The van der Waals surface area contributed by atoms with Crippen molar-refractivity contribution in [2.45, 2.75) is 6.92 Å². The van der Waals surface area contributed by atoms with Gasteiger partial charge in [0.2, 0.25) is 0 Å². The van der Waals surface area contributed by atoms with Crippen LogP contribution in [0.15, 0.2) is 30.3 Å². The summed E-state index contributed by atoms with van der Waals surface area (Å²) in [7, 11) is 0. The van der Waals surface area contributed by atoms with Crippen molar-refractivity contribution in [3.05, 3.63) is 35.9 Å². The third kappa shape index (κ3) is 2.57. The van der Waals surface area contributed by atoms with Gasteiger partial charge in [0.1, 0.15) is 0 Å². The van der Waals surface area contributed by atoms with Crippen molar-refractivity contribution in [2.75, 3.05) is 19.6 Å². The first kappa shape index (κ1) is 10.7. The van der Waals surface area contributed by atoms with Crippen molar-refractivity contribution < 1.29 is 4.79 Å². The maximum atomic E-state index is 11.8. The van der Waals surface area contributed by atoms with E-state index in [-0.39, 0.29) is 5.91 Å². The van der Waals surface area contributed by atoms with Crippen LogP contribution >= 0.6 is 0 Å². The van der Waals surface area contributed by atoms with Gasteiger partial charge in [-0.3, -0.25) is 4.79 Å². The van der Waals surface area contributed by atoms with Crippen molar-refractivity contribution >= 4 is 5.91 Å². The van der Waals surface area contributed by atoms with Crippen LogP contribution in [0.5, 0.6) is 0 Å². The summed E-state index contributed by atoms with van der Waals surface area (Å²) in [6.45, 7) is 3.78. The molecule has 0 aliphatic rings. The quantitative estimate of drug-likeness (QED) is 0.776. The van der Waals surface area contributed by atoms with Gasteiger partial charge < -0.3 is 10.6 Å². The van der Waals surface area contributed by atoms with Crippen LogP contribution in [0.4, 0.5) is 0 Å². The van der Waals surface area contributed by atoms with Gasteiger partial charge in [-0.15, -0.1) is 0 Å². The Labute approximate surface area is 84.5 Å². The molecule has 1 aromatic rings. The number of nitrogens with zero attached hydrogens (tertiary/aromatic N) is 1. The van der Waals surface area contributed by atoms with Gasteiger partial charge in [-0.25, -0.2) is 0 Å².